The van der Waals surface area contributed by atoms with Crippen LogP contribution in [0.4, 0.5) is 0 Å². The molecule has 1 unspecified atom stereocenters. The zero-order chi connectivity index (χ0) is 21.1. The largest absolute Gasteiger partial charge is 0.504 e. The summed E-state index contributed by atoms with van der Waals surface area (Å²) in [6, 6.07) is 3.09. The van der Waals surface area contributed by atoms with Gasteiger partial charge in [-0.2, -0.15) is 20.1 Å². The first kappa shape index (κ1) is 22.1. The van der Waals surface area contributed by atoms with Crippen molar-refractivity contribution >= 4 is 7.60 Å². The van der Waals surface area contributed by atoms with E-state index in [4.69, 9.17) is 13.9 Å². The van der Waals surface area contributed by atoms with Crippen molar-refractivity contribution in [1.29, 1.82) is 0 Å². The molecule has 0 fully saturated rings. The van der Waals surface area contributed by atoms with Gasteiger partial charge in [0.15, 0.2) is 11.5 Å². The smallest absolute Gasteiger partial charge is 0.407 e. The van der Waals surface area contributed by atoms with E-state index < -0.39 is 12.8 Å². The van der Waals surface area contributed by atoms with Gasteiger partial charge in [-0.05, 0) is 57.7 Å². The zero-order valence-electron chi connectivity index (χ0n) is 17.6. The first-order valence-electron chi connectivity index (χ1n) is 9.24. The summed E-state index contributed by atoms with van der Waals surface area (Å²) >= 11 is 0. The van der Waals surface area contributed by atoms with Crippen molar-refractivity contribution in [2.45, 2.75) is 59.5 Å². The van der Waals surface area contributed by atoms with E-state index in [2.05, 4.69) is 10.7 Å². The van der Waals surface area contributed by atoms with E-state index in [1.54, 1.807) is 19.2 Å². The second-order valence-corrected chi connectivity index (χ2v) is 9.55. The van der Waals surface area contributed by atoms with Gasteiger partial charge in [0, 0.05) is 6.07 Å². The molecule has 28 heavy (non-hydrogen) atoms. The monoisotopic (exact) mass is 411 g/mol. The van der Waals surface area contributed by atoms with Crippen LogP contribution in [0, 0.1) is 20.8 Å². The minimum absolute atomic E-state index is 0.0139. The number of nitrogens with zero attached hydrogens (tertiary/aromatic N) is 2. The number of hydrogen-bond acceptors (Lipinski definition) is 7. The maximum atomic E-state index is 13.9. The molecule has 8 nitrogen and oxygen atoms in total. The highest BCUT2D eigenvalue weighted by Crippen LogP contribution is 2.62. The highest BCUT2D eigenvalue weighted by atomic mass is 31.2. The third-order valence-corrected chi connectivity index (χ3v) is 8.00. The molecule has 2 aromatic rings. The van der Waals surface area contributed by atoms with E-state index in [1.165, 1.54) is 18.0 Å². The lowest BCUT2D eigenvalue weighted by Crippen LogP contribution is -2.30. The van der Waals surface area contributed by atoms with Crippen LogP contribution >= 0.6 is 7.60 Å². The molecule has 2 N–H and O–H groups in total. The Balaban J connectivity index is 2.39. The quantitative estimate of drug-likeness (QED) is 0.450. The maximum absolute atomic E-state index is 13.9. The highest BCUT2D eigenvalue weighted by molar-refractivity contribution is 7.56. The molecule has 1 heterocycles. The molecule has 9 heteroatoms. The topological polar surface area (TPSA) is 94.8 Å². The van der Waals surface area contributed by atoms with Crippen molar-refractivity contribution < 1.29 is 23.6 Å². The lowest BCUT2D eigenvalue weighted by molar-refractivity contribution is 0.244. The van der Waals surface area contributed by atoms with Gasteiger partial charge >= 0.3 is 7.60 Å². The van der Waals surface area contributed by atoms with Gasteiger partial charge < -0.3 is 14.4 Å². The second kappa shape index (κ2) is 8.45. The predicted octanol–water partition coefficient (Wildman–Crippen LogP) is 4.85. The molecule has 1 aromatic heterocycles. The number of methoxy groups -OCH3 is 1. The van der Waals surface area contributed by atoms with Gasteiger partial charge in [-0.3, -0.25) is 0 Å². The fourth-order valence-corrected chi connectivity index (χ4v) is 4.45. The third kappa shape index (κ3) is 4.28. The number of phenolic OH excluding ortho intramolecular Hbond substituents is 1. The van der Waals surface area contributed by atoms with E-state index in [0.717, 1.165) is 11.3 Å². The first-order chi connectivity index (χ1) is 13.1. The van der Waals surface area contributed by atoms with Crippen molar-refractivity contribution in [2.24, 2.45) is 0 Å². The second-order valence-electron chi connectivity index (χ2n) is 7.11. The minimum Gasteiger partial charge on any atom is -0.504 e. The molecule has 156 valence electrons. The Kier molecular flexibility index (Phi) is 6.67. The molecular weight excluding hydrogens is 381 g/mol. The van der Waals surface area contributed by atoms with Crippen molar-refractivity contribution in [2.75, 3.05) is 12.7 Å². The van der Waals surface area contributed by atoms with Gasteiger partial charge in [0.1, 0.15) is 5.75 Å². The number of aromatic hydroxyl groups is 1. The average molecular weight is 411 g/mol. The molecule has 1 aromatic carbocycles. The predicted molar refractivity (Wildman–Crippen MR) is 109 cm³/mol. The van der Waals surface area contributed by atoms with Crippen LogP contribution in [0.2, 0.25) is 0 Å². The lowest BCUT2D eigenvalue weighted by atomic mass is 10.1. The van der Waals surface area contributed by atoms with Crippen LogP contribution in [0.25, 0.3) is 0 Å². The van der Waals surface area contributed by atoms with Crippen LogP contribution < -0.4 is 14.8 Å². The Bertz CT molecular complexity index is 857. The number of aryl methyl sites for hydroxylation is 3. The average Bonchev–Trinajstić information content (AvgIpc) is 2.99. The Labute approximate surface area is 166 Å². The number of phenols is 1. The van der Waals surface area contributed by atoms with Crippen LogP contribution in [0.15, 0.2) is 18.3 Å². The minimum atomic E-state index is -3.71. The van der Waals surface area contributed by atoms with E-state index in [-0.39, 0.29) is 11.5 Å². The summed E-state index contributed by atoms with van der Waals surface area (Å²) in [5.74, 6) is 0.542. The Hall–Kier alpha value is -2.18. The van der Waals surface area contributed by atoms with Crippen LogP contribution in [-0.2, 0) is 9.19 Å². The molecule has 0 aliphatic rings. The summed E-state index contributed by atoms with van der Waals surface area (Å²) in [6.45, 7) is 11.2. The SMILES string of the molecule is CCC(C)(CC)P(=O)(ONn1cc(C)c(C)n1)Oc1cc(C)c(O)c(OC)c1. The molecular formula is C19H30N3O5P. The van der Waals surface area contributed by atoms with E-state index >= 15 is 0 Å². The molecule has 0 saturated heterocycles. The summed E-state index contributed by atoms with van der Waals surface area (Å²) in [7, 11) is -2.26. The number of nitrogens with one attached hydrogen (secondary N) is 1. The molecule has 0 spiro atoms. The first-order valence-corrected chi connectivity index (χ1v) is 10.8. The van der Waals surface area contributed by atoms with Crippen molar-refractivity contribution in [3.05, 3.63) is 35.2 Å². The van der Waals surface area contributed by atoms with E-state index in [0.29, 0.717) is 24.2 Å². The standard InChI is InChI=1S/C19H30N3O5P/c1-8-19(6,9-2)28(24,27-21-22-12-14(4)15(5)20-22)26-16-10-13(3)18(23)17(11-16)25-7/h10-12,21,23H,8-9H2,1-7H3. The summed E-state index contributed by atoms with van der Waals surface area (Å²) in [5.41, 5.74) is 4.98. The van der Waals surface area contributed by atoms with Crippen LogP contribution in [0.3, 0.4) is 0 Å². The highest BCUT2D eigenvalue weighted by Gasteiger charge is 2.47. The zero-order valence-corrected chi connectivity index (χ0v) is 18.5. The summed E-state index contributed by atoms with van der Waals surface area (Å²) in [5, 5.41) is 13.6. The Morgan fingerprint density at radius 3 is 2.36 bits per heavy atom. The lowest BCUT2D eigenvalue weighted by Gasteiger charge is -2.34. The number of aromatic nitrogens is 2. The van der Waals surface area contributed by atoms with Crippen LogP contribution in [0.5, 0.6) is 17.2 Å². The van der Waals surface area contributed by atoms with Gasteiger partial charge in [-0.25, -0.2) is 4.57 Å². The van der Waals surface area contributed by atoms with Crippen molar-refractivity contribution in [3.63, 3.8) is 0 Å². The van der Waals surface area contributed by atoms with E-state index in [9.17, 15) is 9.67 Å². The van der Waals surface area contributed by atoms with Gasteiger partial charge in [-0.1, -0.05) is 13.8 Å². The molecule has 0 radical (unpaired) electrons. The van der Waals surface area contributed by atoms with Gasteiger partial charge in [0.25, 0.3) is 0 Å². The number of hydrogen-bond donors (Lipinski definition) is 2. The molecule has 2 rings (SSSR count). The number of benzene rings is 1. The molecule has 0 saturated carbocycles. The van der Waals surface area contributed by atoms with Gasteiger partial charge in [0.05, 0.1) is 24.2 Å². The molecule has 1 atom stereocenters. The molecule has 0 aliphatic carbocycles. The van der Waals surface area contributed by atoms with Crippen LogP contribution in [-0.4, -0.2) is 27.3 Å². The van der Waals surface area contributed by atoms with Crippen molar-refractivity contribution in [1.82, 2.24) is 9.89 Å². The number of rotatable bonds is 9. The van der Waals surface area contributed by atoms with Crippen LogP contribution in [0.1, 0.15) is 50.4 Å². The third-order valence-electron chi connectivity index (χ3n) is 5.27. The Morgan fingerprint density at radius 1 is 1.21 bits per heavy atom. The fraction of sp³-hybridized carbons (Fsp3) is 0.526. The maximum Gasteiger partial charge on any atom is 0.407 e. The number of ether oxygens (including phenoxy) is 1. The molecule has 0 bridgehead atoms. The van der Waals surface area contributed by atoms with Gasteiger partial charge in [-0.15, -0.1) is 0 Å². The molecule has 0 aliphatic heterocycles. The fourth-order valence-electron chi connectivity index (χ4n) is 2.63. The van der Waals surface area contributed by atoms with Crippen molar-refractivity contribution in [3.8, 4) is 17.2 Å². The summed E-state index contributed by atoms with van der Waals surface area (Å²) in [6.07, 6.45) is 2.89. The normalized spacial score (nSPS) is 13.8. The molecule has 0 amide bonds. The van der Waals surface area contributed by atoms with Gasteiger partial charge in [0.2, 0.25) is 0 Å². The summed E-state index contributed by atoms with van der Waals surface area (Å²) < 4.78 is 30.6. The Morgan fingerprint density at radius 2 is 1.86 bits per heavy atom. The van der Waals surface area contributed by atoms with E-state index in [1.807, 2.05) is 34.6 Å². The summed E-state index contributed by atoms with van der Waals surface area (Å²) in [4.78, 5) is 1.37.